The third kappa shape index (κ3) is 1.37. The summed E-state index contributed by atoms with van der Waals surface area (Å²) in [5, 5.41) is 12.7. The first-order chi connectivity index (χ1) is 7.70. The summed E-state index contributed by atoms with van der Waals surface area (Å²) in [7, 11) is 0. The summed E-state index contributed by atoms with van der Waals surface area (Å²) < 4.78 is 19.1. The summed E-state index contributed by atoms with van der Waals surface area (Å²) in [6.07, 6.45) is 0.306. The van der Waals surface area contributed by atoms with Crippen LogP contribution in [-0.2, 0) is 11.2 Å². The number of ether oxygens (including phenoxy) is 1. The minimum absolute atomic E-state index is 0.160. The first-order valence-electron chi connectivity index (χ1n) is 5.51. The molecule has 2 atom stereocenters. The molecule has 2 unspecified atom stereocenters. The van der Waals surface area contributed by atoms with Crippen molar-refractivity contribution in [2.45, 2.75) is 24.6 Å². The molecular weight excluding hydrogens is 209 g/mol. The van der Waals surface area contributed by atoms with Crippen LogP contribution in [0.4, 0.5) is 10.1 Å². The monoisotopic (exact) mass is 223 g/mol. The number of anilines is 1. The van der Waals surface area contributed by atoms with E-state index in [4.69, 9.17) is 4.74 Å². The molecule has 0 aromatic heterocycles. The standard InChI is InChI=1S/C12H14FNO2/c13-11-7-16-4-3-12(11)6-8-5-9(15)1-2-10(8)14-12/h1-2,5,11,14-15H,3-4,6-7H2. The van der Waals surface area contributed by atoms with Crippen molar-refractivity contribution in [1.29, 1.82) is 0 Å². The maximum absolute atomic E-state index is 14.0. The molecule has 3 rings (SSSR count). The minimum atomic E-state index is -0.990. The van der Waals surface area contributed by atoms with E-state index in [1.807, 2.05) is 6.07 Å². The lowest BCUT2D eigenvalue weighted by Gasteiger charge is -2.37. The molecule has 1 saturated heterocycles. The van der Waals surface area contributed by atoms with E-state index in [1.54, 1.807) is 12.1 Å². The second-order valence-corrected chi connectivity index (χ2v) is 4.59. The van der Waals surface area contributed by atoms with Crippen LogP contribution in [0.3, 0.4) is 0 Å². The van der Waals surface area contributed by atoms with Crippen molar-refractivity contribution in [1.82, 2.24) is 0 Å². The quantitative estimate of drug-likeness (QED) is 0.660. The number of rotatable bonds is 0. The summed E-state index contributed by atoms with van der Waals surface area (Å²) in [6, 6.07) is 5.14. The highest BCUT2D eigenvalue weighted by atomic mass is 19.1. The van der Waals surface area contributed by atoms with E-state index in [0.717, 1.165) is 11.3 Å². The Balaban J connectivity index is 1.93. The van der Waals surface area contributed by atoms with E-state index >= 15 is 0 Å². The minimum Gasteiger partial charge on any atom is -0.508 e. The van der Waals surface area contributed by atoms with Crippen molar-refractivity contribution in [2.24, 2.45) is 0 Å². The average Bonchev–Trinajstić information content (AvgIpc) is 2.61. The Labute approximate surface area is 93.2 Å². The lowest BCUT2D eigenvalue weighted by Crippen LogP contribution is -2.52. The second kappa shape index (κ2) is 3.35. The van der Waals surface area contributed by atoms with Crippen molar-refractivity contribution >= 4 is 5.69 Å². The van der Waals surface area contributed by atoms with E-state index in [0.29, 0.717) is 19.4 Å². The Morgan fingerprint density at radius 2 is 2.38 bits per heavy atom. The summed E-state index contributed by atoms with van der Waals surface area (Å²) in [5.41, 5.74) is 1.40. The highest BCUT2D eigenvalue weighted by Gasteiger charge is 2.46. The van der Waals surface area contributed by atoms with E-state index in [2.05, 4.69) is 5.32 Å². The zero-order valence-electron chi connectivity index (χ0n) is 8.87. The smallest absolute Gasteiger partial charge is 0.147 e. The number of hydrogen-bond acceptors (Lipinski definition) is 3. The molecular formula is C12H14FNO2. The Kier molecular flexibility index (Phi) is 2.07. The molecule has 86 valence electrons. The number of phenols is 1. The first-order valence-corrected chi connectivity index (χ1v) is 5.51. The average molecular weight is 223 g/mol. The summed E-state index contributed by atoms with van der Waals surface area (Å²) in [5.74, 6) is 0.236. The van der Waals surface area contributed by atoms with Gasteiger partial charge < -0.3 is 15.2 Å². The van der Waals surface area contributed by atoms with Crippen LogP contribution in [0.5, 0.6) is 5.75 Å². The SMILES string of the molecule is Oc1ccc2c(c1)CC1(CCOCC1F)N2. The highest BCUT2D eigenvalue weighted by Crippen LogP contribution is 2.40. The van der Waals surface area contributed by atoms with Gasteiger partial charge in [-0.15, -0.1) is 0 Å². The predicted octanol–water partition coefficient (Wildman–Crippen LogP) is 1.86. The lowest BCUT2D eigenvalue weighted by molar-refractivity contribution is -0.00544. The van der Waals surface area contributed by atoms with Crippen molar-refractivity contribution in [3.05, 3.63) is 23.8 Å². The van der Waals surface area contributed by atoms with Crippen molar-refractivity contribution in [2.75, 3.05) is 18.5 Å². The number of phenolic OH excluding ortho intramolecular Hbond substituents is 1. The van der Waals surface area contributed by atoms with Crippen LogP contribution in [0, 0.1) is 0 Å². The van der Waals surface area contributed by atoms with Gasteiger partial charge in [-0.1, -0.05) is 0 Å². The van der Waals surface area contributed by atoms with Crippen molar-refractivity contribution in [3.8, 4) is 5.75 Å². The van der Waals surface area contributed by atoms with Crippen molar-refractivity contribution in [3.63, 3.8) is 0 Å². The maximum atomic E-state index is 14.0. The second-order valence-electron chi connectivity index (χ2n) is 4.59. The molecule has 2 N–H and O–H groups in total. The number of nitrogens with one attached hydrogen (secondary N) is 1. The van der Waals surface area contributed by atoms with E-state index in [-0.39, 0.29) is 12.4 Å². The van der Waals surface area contributed by atoms with E-state index in [1.165, 1.54) is 0 Å². The van der Waals surface area contributed by atoms with Gasteiger partial charge in [0.25, 0.3) is 0 Å². The van der Waals surface area contributed by atoms with Gasteiger partial charge in [-0.05, 0) is 30.2 Å². The van der Waals surface area contributed by atoms with Gasteiger partial charge in [0, 0.05) is 18.7 Å². The molecule has 16 heavy (non-hydrogen) atoms. The van der Waals surface area contributed by atoms with Crippen LogP contribution in [0.2, 0.25) is 0 Å². The van der Waals surface area contributed by atoms with E-state index in [9.17, 15) is 9.50 Å². The molecule has 2 aliphatic rings. The topological polar surface area (TPSA) is 41.5 Å². The number of benzene rings is 1. The van der Waals surface area contributed by atoms with Gasteiger partial charge in [-0.25, -0.2) is 4.39 Å². The molecule has 0 aliphatic carbocycles. The Morgan fingerprint density at radius 3 is 3.19 bits per heavy atom. The molecule has 4 heteroatoms. The molecule has 1 aromatic rings. The third-order valence-electron chi connectivity index (χ3n) is 3.53. The van der Waals surface area contributed by atoms with Gasteiger partial charge in [-0.3, -0.25) is 0 Å². The molecule has 0 bridgehead atoms. The van der Waals surface area contributed by atoms with Gasteiger partial charge >= 0.3 is 0 Å². The maximum Gasteiger partial charge on any atom is 0.147 e. The molecule has 0 amide bonds. The Bertz CT molecular complexity index is 423. The largest absolute Gasteiger partial charge is 0.508 e. The number of hydrogen-bond donors (Lipinski definition) is 2. The zero-order chi connectivity index (χ0) is 11.2. The van der Waals surface area contributed by atoms with Crippen LogP contribution in [0.15, 0.2) is 18.2 Å². The summed E-state index contributed by atoms with van der Waals surface area (Å²) in [4.78, 5) is 0. The Hall–Kier alpha value is -1.29. The predicted molar refractivity (Wildman–Crippen MR) is 58.5 cm³/mol. The molecule has 0 saturated carbocycles. The first kappa shape index (κ1) is 9.90. The number of alkyl halides is 1. The third-order valence-corrected chi connectivity index (χ3v) is 3.53. The number of fused-ring (bicyclic) bond motifs is 1. The van der Waals surface area contributed by atoms with Crippen LogP contribution >= 0.6 is 0 Å². The summed E-state index contributed by atoms with van der Waals surface area (Å²) in [6.45, 7) is 0.750. The highest BCUT2D eigenvalue weighted by molar-refractivity contribution is 5.61. The van der Waals surface area contributed by atoms with Crippen LogP contribution < -0.4 is 5.32 Å². The summed E-state index contributed by atoms with van der Waals surface area (Å²) >= 11 is 0. The molecule has 1 aromatic carbocycles. The van der Waals surface area contributed by atoms with Gasteiger partial charge in [0.05, 0.1) is 12.1 Å². The number of halogens is 1. The van der Waals surface area contributed by atoms with Gasteiger partial charge in [0.15, 0.2) is 0 Å². The van der Waals surface area contributed by atoms with Crippen LogP contribution in [-0.4, -0.2) is 30.0 Å². The molecule has 1 spiro atoms. The molecule has 2 aliphatic heterocycles. The molecule has 1 fully saturated rings. The van der Waals surface area contributed by atoms with Crippen LogP contribution in [0.25, 0.3) is 0 Å². The normalized spacial score (nSPS) is 32.4. The van der Waals surface area contributed by atoms with Gasteiger partial charge in [0.2, 0.25) is 0 Å². The fraction of sp³-hybridized carbons (Fsp3) is 0.500. The molecule has 3 nitrogen and oxygen atoms in total. The van der Waals surface area contributed by atoms with Crippen LogP contribution in [0.1, 0.15) is 12.0 Å². The lowest BCUT2D eigenvalue weighted by atomic mass is 9.85. The molecule has 2 heterocycles. The molecule has 0 radical (unpaired) electrons. The zero-order valence-corrected chi connectivity index (χ0v) is 8.87. The fourth-order valence-corrected chi connectivity index (χ4v) is 2.60. The van der Waals surface area contributed by atoms with Gasteiger partial charge in [0.1, 0.15) is 11.9 Å². The number of aromatic hydroxyl groups is 1. The van der Waals surface area contributed by atoms with Gasteiger partial charge in [-0.2, -0.15) is 0 Å². The fourth-order valence-electron chi connectivity index (χ4n) is 2.60. The van der Waals surface area contributed by atoms with E-state index < -0.39 is 11.7 Å². The Morgan fingerprint density at radius 1 is 1.50 bits per heavy atom. The van der Waals surface area contributed by atoms with Crippen molar-refractivity contribution < 1.29 is 14.2 Å².